The maximum Gasteiger partial charge on any atom is 0.190 e. The van der Waals surface area contributed by atoms with Gasteiger partial charge in [0.1, 0.15) is 23.0 Å². The number of unbranched alkanes of at least 4 members (excludes halogenated alkanes) is 1. The predicted molar refractivity (Wildman–Crippen MR) is 157 cm³/mol. The van der Waals surface area contributed by atoms with Crippen LogP contribution in [0.5, 0.6) is 23.0 Å². The van der Waals surface area contributed by atoms with E-state index in [9.17, 15) is 9.59 Å². The van der Waals surface area contributed by atoms with Crippen molar-refractivity contribution in [2.24, 2.45) is 5.92 Å². The fourth-order valence-electron chi connectivity index (χ4n) is 4.87. The standard InChI is InChI=1S/C33H38O5S/c1-4-8-26-21-30(38-29-18-16-27(36-3)17-19-29)15-10-24(26)9-6-7-20-37-28-13-11-25(12-14-28)33-32(35)23(5-2)22-31(34)39-33/h10-19,21,23,33H,4-9,20,22H2,1-3H3. The van der Waals surface area contributed by atoms with Crippen LogP contribution in [0, 0.1) is 5.92 Å². The number of ketones is 1. The minimum Gasteiger partial charge on any atom is -0.497 e. The Balaban J connectivity index is 1.25. The summed E-state index contributed by atoms with van der Waals surface area (Å²) in [5.74, 6) is 3.24. The number of methoxy groups -OCH3 is 1. The molecule has 0 aromatic heterocycles. The maximum atomic E-state index is 12.7. The van der Waals surface area contributed by atoms with E-state index in [1.807, 2.05) is 61.5 Å². The molecule has 0 amide bonds. The highest BCUT2D eigenvalue weighted by molar-refractivity contribution is 8.14. The van der Waals surface area contributed by atoms with Crippen LogP contribution in [-0.4, -0.2) is 24.6 Å². The fraction of sp³-hybridized carbons (Fsp3) is 0.394. The smallest absolute Gasteiger partial charge is 0.190 e. The molecule has 4 rings (SSSR count). The molecule has 0 N–H and O–H groups in total. The summed E-state index contributed by atoms with van der Waals surface area (Å²) in [6, 6.07) is 21.7. The van der Waals surface area contributed by atoms with Crippen molar-refractivity contribution in [1.82, 2.24) is 0 Å². The van der Waals surface area contributed by atoms with Gasteiger partial charge in [-0.25, -0.2) is 0 Å². The molecular formula is C33H38O5S. The van der Waals surface area contributed by atoms with Gasteiger partial charge in [0.2, 0.25) is 0 Å². The molecular weight excluding hydrogens is 508 g/mol. The zero-order valence-electron chi connectivity index (χ0n) is 23.1. The molecule has 3 aromatic carbocycles. The van der Waals surface area contributed by atoms with E-state index in [0.29, 0.717) is 19.4 Å². The zero-order chi connectivity index (χ0) is 27.6. The van der Waals surface area contributed by atoms with Gasteiger partial charge >= 0.3 is 0 Å². The first-order valence-electron chi connectivity index (χ1n) is 13.9. The van der Waals surface area contributed by atoms with Crippen LogP contribution in [0.1, 0.15) is 67.9 Å². The molecule has 1 fully saturated rings. The van der Waals surface area contributed by atoms with E-state index in [1.54, 1.807) is 7.11 Å². The van der Waals surface area contributed by atoms with Crippen molar-refractivity contribution in [3.05, 3.63) is 83.4 Å². The Labute approximate surface area is 236 Å². The third kappa shape index (κ3) is 7.89. The molecule has 0 spiro atoms. The second-order valence-corrected chi connectivity index (χ2v) is 11.1. The third-order valence-electron chi connectivity index (χ3n) is 7.10. The molecule has 1 heterocycles. The summed E-state index contributed by atoms with van der Waals surface area (Å²) in [7, 11) is 1.65. The Kier molecular flexibility index (Phi) is 10.5. The van der Waals surface area contributed by atoms with Crippen LogP contribution in [0.25, 0.3) is 0 Å². The summed E-state index contributed by atoms with van der Waals surface area (Å²) in [5, 5.41) is -0.288. The van der Waals surface area contributed by atoms with Gasteiger partial charge in [-0.1, -0.05) is 50.2 Å². The lowest BCUT2D eigenvalue weighted by Crippen LogP contribution is -2.27. The molecule has 3 aromatic rings. The number of carbonyl (C=O) groups excluding carboxylic acids is 2. The van der Waals surface area contributed by atoms with E-state index in [1.165, 1.54) is 11.1 Å². The molecule has 2 atom stereocenters. The number of hydrogen-bond donors (Lipinski definition) is 0. The molecule has 0 aliphatic carbocycles. The van der Waals surface area contributed by atoms with E-state index in [-0.39, 0.29) is 16.8 Å². The van der Waals surface area contributed by atoms with Gasteiger partial charge in [-0.3, -0.25) is 9.59 Å². The Hall–Kier alpha value is -3.25. The molecule has 1 saturated heterocycles. The van der Waals surface area contributed by atoms with Gasteiger partial charge in [0.05, 0.1) is 19.0 Å². The van der Waals surface area contributed by atoms with Crippen LogP contribution in [0.3, 0.4) is 0 Å². The van der Waals surface area contributed by atoms with Crippen molar-refractivity contribution in [1.29, 1.82) is 0 Å². The quantitative estimate of drug-likeness (QED) is 0.202. The molecule has 1 aliphatic rings. The Morgan fingerprint density at radius 2 is 1.49 bits per heavy atom. The first-order valence-corrected chi connectivity index (χ1v) is 14.8. The monoisotopic (exact) mass is 546 g/mol. The van der Waals surface area contributed by atoms with E-state index in [2.05, 4.69) is 19.1 Å². The largest absolute Gasteiger partial charge is 0.497 e. The molecule has 1 aliphatic heterocycles. The van der Waals surface area contributed by atoms with Crippen molar-refractivity contribution in [2.75, 3.05) is 13.7 Å². The van der Waals surface area contributed by atoms with Crippen LogP contribution < -0.4 is 14.2 Å². The van der Waals surface area contributed by atoms with Crippen LogP contribution >= 0.6 is 11.8 Å². The lowest BCUT2D eigenvalue weighted by molar-refractivity contribution is -0.126. The number of Topliss-reactive ketones (excluding diaryl/α,β-unsaturated/α-hetero) is 1. The highest BCUT2D eigenvalue weighted by Crippen LogP contribution is 2.40. The SMILES string of the molecule is CCCc1cc(Oc2ccc(OC)cc2)ccc1CCCCOc1ccc(C2SC(=O)CC(CC)C2=O)cc1. The van der Waals surface area contributed by atoms with Gasteiger partial charge in [0.15, 0.2) is 10.9 Å². The topological polar surface area (TPSA) is 61.8 Å². The molecule has 39 heavy (non-hydrogen) atoms. The molecule has 6 heteroatoms. The van der Waals surface area contributed by atoms with Gasteiger partial charge in [-0.05, 0) is 97.3 Å². The van der Waals surface area contributed by atoms with Crippen LogP contribution in [0.15, 0.2) is 66.7 Å². The number of ether oxygens (including phenoxy) is 3. The molecule has 0 bridgehead atoms. The van der Waals surface area contributed by atoms with Gasteiger partial charge < -0.3 is 14.2 Å². The van der Waals surface area contributed by atoms with Crippen molar-refractivity contribution >= 4 is 22.7 Å². The number of aryl methyl sites for hydroxylation is 2. The minimum absolute atomic E-state index is 0.105. The molecule has 0 radical (unpaired) electrons. The van der Waals surface area contributed by atoms with Gasteiger partial charge in [0.25, 0.3) is 0 Å². The average molecular weight is 547 g/mol. The first kappa shape index (κ1) is 28.8. The molecule has 0 saturated carbocycles. The summed E-state index contributed by atoms with van der Waals surface area (Å²) >= 11 is 1.16. The van der Waals surface area contributed by atoms with Gasteiger partial charge in [0, 0.05) is 12.3 Å². The minimum atomic E-state index is -0.393. The van der Waals surface area contributed by atoms with Crippen molar-refractivity contribution in [3.8, 4) is 23.0 Å². The molecule has 206 valence electrons. The summed E-state index contributed by atoms with van der Waals surface area (Å²) < 4.78 is 17.3. The normalized spacial score (nSPS) is 17.2. The number of hydrogen-bond acceptors (Lipinski definition) is 6. The Morgan fingerprint density at radius 3 is 2.18 bits per heavy atom. The third-order valence-corrected chi connectivity index (χ3v) is 8.27. The van der Waals surface area contributed by atoms with E-state index in [4.69, 9.17) is 14.2 Å². The summed E-state index contributed by atoms with van der Waals surface area (Å²) in [5.41, 5.74) is 3.57. The fourth-order valence-corrected chi connectivity index (χ4v) is 6.03. The first-order chi connectivity index (χ1) is 19.0. The van der Waals surface area contributed by atoms with Crippen LogP contribution in [-0.2, 0) is 22.4 Å². The average Bonchev–Trinajstić information content (AvgIpc) is 2.96. The second-order valence-electron chi connectivity index (χ2n) is 9.91. The second kappa shape index (κ2) is 14.2. The summed E-state index contributed by atoms with van der Waals surface area (Å²) in [6.07, 6.45) is 6.14. The lowest BCUT2D eigenvalue weighted by atomic mass is 9.92. The van der Waals surface area contributed by atoms with Crippen molar-refractivity contribution in [3.63, 3.8) is 0 Å². The number of rotatable bonds is 13. The van der Waals surface area contributed by atoms with Crippen molar-refractivity contribution < 1.29 is 23.8 Å². The van der Waals surface area contributed by atoms with Crippen molar-refractivity contribution in [2.45, 2.75) is 64.0 Å². The molecule has 5 nitrogen and oxygen atoms in total. The summed E-state index contributed by atoms with van der Waals surface area (Å²) in [4.78, 5) is 24.8. The van der Waals surface area contributed by atoms with Crippen LogP contribution in [0.4, 0.5) is 0 Å². The number of benzene rings is 3. The zero-order valence-corrected chi connectivity index (χ0v) is 23.9. The summed E-state index contributed by atoms with van der Waals surface area (Å²) in [6.45, 7) is 4.80. The number of thioether (sulfide) groups is 1. The Morgan fingerprint density at radius 1 is 0.795 bits per heavy atom. The van der Waals surface area contributed by atoms with E-state index >= 15 is 0 Å². The van der Waals surface area contributed by atoms with E-state index in [0.717, 1.165) is 72.4 Å². The number of carbonyl (C=O) groups is 2. The maximum absolute atomic E-state index is 12.7. The Bertz CT molecular complexity index is 1240. The van der Waals surface area contributed by atoms with Gasteiger partial charge in [-0.15, -0.1) is 0 Å². The molecule has 2 unspecified atom stereocenters. The highest BCUT2D eigenvalue weighted by atomic mass is 32.2. The highest BCUT2D eigenvalue weighted by Gasteiger charge is 2.36. The predicted octanol–water partition coefficient (Wildman–Crippen LogP) is 8.14. The van der Waals surface area contributed by atoms with E-state index < -0.39 is 5.25 Å². The van der Waals surface area contributed by atoms with Crippen LogP contribution in [0.2, 0.25) is 0 Å². The van der Waals surface area contributed by atoms with Gasteiger partial charge in [-0.2, -0.15) is 0 Å². The lowest BCUT2D eigenvalue weighted by Gasteiger charge is -2.25.